The molecule has 0 aliphatic carbocycles. The number of hydrogen-bond acceptors (Lipinski definition) is 4. The molecule has 2 N–H and O–H groups in total. The molecule has 5 nitrogen and oxygen atoms in total. The van der Waals surface area contributed by atoms with Crippen LogP contribution in [0, 0.1) is 0 Å². The molecule has 2 atom stereocenters. The Labute approximate surface area is 108 Å². The number of rotatable bonds is 3. The van der Waals surface area contributed by atoms with E-state index in [0.717, 1.165) is 11.8 Å². The van der Waals surface area contributed by atoms with Crippen LogP contribution in [0.1, 0.15) is 10.4 Å². The molecule has 1 aliphatic rings. The zero-order chi connectivity index (χ0) is 13.1. The van der Waals surface area contributed by atoms with Gasteiger partial charge in [-0.05, 0) is 12.1 Å². The first-order chi connectivity index (χ1) is 8.59. The van der Waals surface area contributed by atoms with Gasteiger partial charge in [0.1, 0.15) is 0 Å². The Morgan fingerprint density at radius 3 is 2.50 bits per heavy atom. The molecule has 0 saturated carbocycles. The minimum Gasteiger partial charge on any atom is -0.480 e. The van der Waals surface area contributed by atoms with Crippen molar-refractivity contribution >= 4 is 29.4 Å². The summed E-state index contributed by atoms with van der Waals surface area (Å²) in [6, 6.07) is 7.78. The van der Waals surface area contributed by atoms with E-state index in [4.69, 9.17) is 5.11 Å². The minimum atomic E-state index is -1.15. The first-order valence-electron chi connectivity index (χ1n) is 5.33. The van der Waals surface area contributed by atoms with Crippen molar-refractivity contribution in [2.24, 2.45) is 0 Å². The third-order valence-electron chi connectivity index (χ3n) is 2.60. The average Bonchev–Trinajstić information content (AvgIpc) is 2.72. The number of benzene rings is 1. The highest BCUT2D eigenvalue weighted by Gasteiger charge is 2.40. The van der Waals surface area contributed by atoms with Gasteiger partial charge in [0.15, 0.2) is 11.0 Å². The van der Waals surface area contributed by atoms with Crippen LogP contribution in [0.4, 0.5) is 0 Å². The zero-order valence-corrected chi connectivity index (χ0v) is 10.1. The van der Waals surface area contributed by atoms with Gasteiger partial charge in [0.2, 0.25) is 0 Å². The normalized spacial score (nSPS) is 22.8. The van der Waals surface area contributed by atoms with Crippen LogP contribution in [0.2, 0.25) is 0 Å². The first kappa shape index (κ1) is 12.6. The Hall–Kier alpha value is -1.82. The summed E-state index contributed by atoms with van der Waals surface area (Å²) in [6.45, 7) is 0. The molecule has 0 radical (unpaired) electrons. The lowest BCUT2D eigenvalue weighted by atomic mass is 10.1. The Bertz CT molecular complexity index is 488. The molecule has 0 aromatic heterocycles. The fourth-order valence-electron chi connectivity index (χ4n) is 1.68. The van der Waals surface area contributed by atoms with E-state index in [1.54, 1.807) is 30.3 Å². The van der Waals surface area contributed by atoms with Crippen molar-refractivity contribution in [1.29, 1.82) is 0 Å². The number of amides is 1. The number of aliphatic carboxylic acids is 1. The van der Waals surface area contributed by atoms with Crippen molar-refractivity contribution in [3.8, 4) is 0 Å². The summed E-state index contributed by atoms with van der Waals surface area (Å²) in [7, 11) is 0. The predicted octanol–water partition coefficient (Wildman–Crippen LogP) is 0.554. The molecule has 0 spiro atoms. The second kappa shape index (κ2) is 5.22. The third kappa shape index (κ3) is 2.53. The molecule has 1 fully saturated rings. The monoisotopic (exact) mass is 265 g/mol. The van der Waals surface area contributed by atoms with E-state index in [-0.39, 0.29) is 5.91 Å². The SMILES string of the molecule is O=C(N[C@@H]1CS[C@H](C(=O)O)C1=O)c1ccccc1. The van der Waals surface area contributed by atoms with Crippen LogP contribution in [0.3, 0.4) is 0 Å². The maximum absolute atomic E-state index is 11.8. The van der Waals surface area contributed by atoms with Crippen LogP contribution in [-0.4, -0.2) is 39.8 Å². The van der Waals surface area contributed by atoms with Crippen molar-refractivity contribution in [2.75, 3.05) is 5.75 Å². The maximum atomic E-state index is 11.8. The summed E-state index contributed by atoms with van der Waals surface area (Å²) < 4.78 is 0. The molecule has 1 aromatic rings. The third-order valence-corrected chi connectivity index (χ3v) is 3.89. The van der Waals surface area contributed by atoms with Gasteiger partial charge in [0.05, 0.1) is 6.04 Å². The topological polar surface area (TPSA) is 83.5 Å². The fraction of sp³-hybridized carbons (Fsp3) is 0.250. The van der Waals surface area contributed by atoms with Crippen molar-refractivity contribution in [2.45, 2.75) is 11.3 Å². The van der Waals surface area contributed by atoms with Gasteiger partial charge in [0.25, 0.3) is 5.91 Å². The fourth-order valence-corrected chi connectivity index (χ4v) is 2.78. The summed E-state index contributed by atoms with van der Waals surface area (Å²) in [5.41, 5.74) is 0.453. The van der Waals surface area contributed by atoms with Crippen molar-refractivity contribution in [3.63, 3.8) is 0 Å². The quantitative estimate of drug-likeness (QED) is 0.780. The van der Waals surface area contributed by atoms with Gasteiger partial charge < -0.3 is 10.4 Å². The molecule has 0 unspecified atom stereocenters. The van der Waals surface area contributed by atoms with Crippen LogP contribution in [-0.2, 0) is 9.59 Å². The number of ketones is 1. The molecule has 6 heteroatoms. The highest BCUT2D eigenvalue weighted by Crippen LogP contribution is 2.24. The highest BCUT2D eigenvalue weighted by molar-refractivity contribution is 8.02. The van der Waals surface area contributed by atoms with Gasteiger partial charge in [-0.15, -0.1) is 11.8 Å². The largest absolute Gasteiger partial charge is 0.480 e. The molecule has 1 heterocycles. The van der Waals surface area contributed by atoms with Crippen LogP contribution in [0.25, 0.3) is 0 Å². The molecule has 94 valence electrons. The molecule has 1 amide bonds. The lowest BCUT2D eigenvalue weighted by Crippen LogP contribution is -2.42. The van der Waals surface area contributed by atoms with Crippen LogP contribution >= 0.6 is 11.8 Å². The smallest absolute Gasteiger partial charge is 0.324 e. The van der Waals surface area contributed by atoms with Crippen LogP contribution in [0.15, 0.2) is 30.3 Å². The van der Waals surface area contributed by atoms with Crippen molar-refractivity contribution in [1.82, 2.24) is 5.32 Å². The van der Waals surface area contributed by atoms with Gasteiger partial charge in [-0.1, -0.05) is 18.2 Å². The Balaban J connectivity index is 2.02. The van der Waals surface area contributed by atoms with E-state index >= 15 is 0 Å². The molecule has 1 aliphatic heterocycles. The second-order valence-electron chi connectivity index (χ2n) is 3.85. The van der Waals surface area contributed by atoms with E-state index in [1.165, 1.54) is 0 Å². The van der Waals surface area contributed by atoms with E-state index < -0.39 is 23.0 Å². The van der Waals surface area contributed by atoms with Gasteiger partial charge in [-0.25, -0.2) is 0 Å². The number of Topliss-reactive ketones (excluding diaryl/α,β-unsaturated/α-hetero) is 1. The zero-order valence-electron chi connectivity index (χ0n) is 9.33. The molecular formula is C12H11NO4S. The summed E-state index contributed by atoms with van der Waals surface area (Å²) in [4.78, 5) is 34.3. The van der Waals surface area contributed by atoms with Gasteiger partial charge in [-0.3, -0.25) is 14.4 Å². The lowest BCUT2D eigenvalue weighted by molar-refractivity contribution is -0.139. The maximum Gasteiger partial charge on any atom is 0.324 e. The van der Waals surface area contributed by atoms with Crippen LogP contribution in [0.5, 0.6) is 0 Å². The Kier molecular flexibility index (Phi) is 3.66. The molecular weight excluding hydrogens is 254 g/mol. The summed E-state index contributed by atoms with van der Waals surface area (Å²) in [5.74, 6) is -1.66. The predicted molar refractivity (Wildman–Crippen MR) is 66.6 cm³/mol. The Morgan fingerprint density at radius 2 is 1.94 bits per heavy atom. The first-order valence-corrected chi connectivity index (χ1v) is 6.38. The highest BCUT2D eigenvalue weighted by atomic mass is 32.2. The number of hydrogen-bond donors (Lipinski definition) is 2. The van der Waals surface area contributed by atoms with Crippen LogP contribution < -0.4 is 5.32 Å². The molecule has 2 rings (SSSR count). The summed E-state index contributed by atoms with van der Waals surface area (Å²) >= 11 is 1.04. The number of carboxylic acid groups (broad SMARTS) is 1. The molecule has 1 saturated heterocycles. The lowest BCUT2D eigenvalue weighted by Gasteiger charge is -2.10. The van der Waals surface area contributed by atoms with Gasteiger partial charge >= 0.3 is 5.97 Å². The van der Waals surface area contributed by atoms with E-state index in [9.17, 15) is 14.4 Å². The standard InChI is InChI=1S/C12H11NO4S/c14-9-8(6-18-10(9)12(16)17)13-11(15)7-4-2-1-3-5-7/h1-5,8,10H,6H2,(H,13,15)(H,16,17)/t8-,10+/m1/s1. The van der Waals surface area contributed by atoms with Gasteiger partial charge in [0, 0.05) is 11.3 Å². The van der Waals surface area contributed by atoms with E-state index in [2.05, 4.69) is 5.32 Å². The number of carbonyl (C=O) groups is 3. The van der Waals surface area contributed by atoms with E-state index in [1.807, 2.05) is 0 Å². The van der Waals surface area contributed by atoms with E-state index in [0.29, 0.717) is 11.3 Å². The second-order valence-corrected chi connectivity index (χ2v) is 4.98. The number of carbonyl (C=O) groups excluding carboxylic acids is 2. The van der Waals surface area contributed by atoms with Crippen molar-refractivity contribution in [3.05, 3.63) is 35.9 Å². The molecule has 0 bridgehead atoms. The molecule has 18 heavy (non-hydrogen) atoms. The number of thioether (sulfide) groups is 1. The number of nitrogens with one attached hydrogen (secondary N) is 1. The average molecular weight is 265 g/mol. The summed E-state index contributed by atoms with van der Waals surface area (Å²) in [6.07, 6.45) is 0. The summed E-state index contributed by atoms with van der Waals surface area (Å²) in [5, 5.41) is 10.3. The van der Waals surface area contributed by atoms with Crippen molar-refractivity contribution < 1.29 is 19.5 Å². The Morgan fingerprint density at radius 1 is 1.28 bits per heavy atom. The number of carboxylic acids is 1. The minimum absolute atomic E-state index is 0.300. The van der Waals surface area contributed by atoms with Gasteiger partial charge in [-0.2, -0.15) is 0 Å². The molecule has 1 aromatic carbocycles.